The van der Waals surface area contributed by atoms with Crippen molar-refractivity contribution in [1.82, 2.24) is 4.98 Å². The Kier molecular flexibility index (Phi) is 3.28. The van der Waals surface area contributed by atoms with E-state index in [1.807, 2.05) is 13.1 Å². The van der Waals surface area contributed by atoms with Gasteiger partial charge in [-0.3, -0.25) is 4.98 Å². The molecule has 2 rings (SSSR count). The number of hydrogen-bond donors (Lipinski definition) is 1. The van der Waals surface area contributed by atoms with Gasteiger partial charge in [0.2, 0.25) is 0 Å². The summed E-state index contributed by atoms with van der Waals surface area (Å²) in [4.78, 5) is 4.80. The topological polar surface area (TPSA) is 24.9 Å². The van der Waals surface area contributed by atoms with Crippen molar-refractivity contribution >= 4 is 11.8 Å². The van der Waals surface area contributed by atoms with Crippen LogP contribution in [0, 0.1) is 0 Å². The summed E-state index contributed by atoms with van der Waals surface area (Å²) in [6.45, 7) is 6.07. The lowest BCUT2D eigenvalue weighted by Gasteiger charge is -2.22. The van der Waals surface area contributed by atoms with Crippen molar-refractivity contribution in [1.29, 1.82) is 0 Å². The molecule has 0 fully saturated rings. The molecule has 0 aromatic carbocycles. The molecule has 1 N–H and O–H groups in total. The highest BCUT2D eigenvalue weighted by molar-refractivity contribution is 5.72. The Hall–Kier alpha value is -1.31. The van der Waals surface area contributed by atoms with E-state index in [1.54, 1.807) is 0 Å². The molecule has 0 saturated carbocycles. The molecule has 0 bridgehead atoms. The summed E-state index contributed by atoms with van der Waals surface area (Å²) in [7, 11) is 2.00. The van der Waals surface area contributed by atoms with Crippen LogP contribution in [-0.2, 0) is 19.3 Å². The smallest absolute Gasteiger partial charge is 0.0497 e. The number of anilines is 1. The fourth-order valence-corrected chi connectivity index (χ4v) is 2.59. The summed E-state index contributed by atoms with van der Waals surface area (Å²) in [5, 5.41) is 3.34. The minimum atomic E-state index is 0.976. The molecule has 0 aliphatic heterocycles. The number of rotatable bonds is 3. The van der Waals surface area contributed by atoms with Gasteiger partial charge in [0.1, 0.15) is 0 Å². The van der Waals surface area contributed by atoms with Crippen molar-refractivity contribution < 1.29 is 0 Å². The van der Waals surface area contributed by atoms with Crippen LogP contribution in [0.15, 0.2) is 6.58 Å². The maximum absolute atomic E-state index is 4.80. The van der Waals surface area contributed by atoms with E-state index in [4.69, 9.17) is 4.98 Å². The molecule has 86 valence electrons. The average molecular weight is 216 g/mol. The predicted octanol–water partition coefficient (Wildman–Crippen LogP) is 3.21. The van der Waals surface area contributed by atoms with E-state index < -0.39 is 0 Å². The minimum absolute atomic E-state index is 0.976. The lowest BCUT2D eigenvalue weighted by molar-refractivity contribution is 0.664. The fraction of sp³-hybridized carbons (Fsp3) is 0.500. The van der Waals surface area contributed by atoms with Gasteiger partial charge in [0.25, 0.3) is 0 Å². The molecule has 1 aliphatic rings. The summed E-state index contributed by atoms with van der Waals surface area (Å²) >= 11 is 0. The second-order valence-electron chi connectivity index (χ2n) is 4.29. The van der Waals surface area contributed by atoms with E-state index in [2.05, 4.69) is 18.8 Å². The summed E-state index contributed by atoms with van der Waals surface area (Å²) in [5.74, 6) is 0. The van der Waals surface area contributed by atoms with Gasteiger partial charge in [-0.15, -0.1) is 0 Å². The van der Waals surface area contributed by atoms with E-state index in [0.29, 0.717) is 0 Å². The van der Waals surface area contributed by atoms with E-state index in [9.17, 15) is 0 Å². The highest BCUT2D eigenvalue weighted by Gasteiger charge is 2.18. The first-order chi connectivity index (χ1) is 7.81. The molecule has 2 nitrogen and oxygen atoms in total. The number of hydrogen-bond acceptors (Lipinski definition) is 2. The van der Waals surface area contributed by atoms with Crippen LogP contribution in [0.1, 0.15) is 42.3 Å². The van der Waals surface area contributed by atoms with Crippen LogP contribution in [0.2, 0.25) is 0 Å². The molecule has 1 aromatic rings. The van der Waals surface area contributed by atoms with Crippen LogP contribution in [0.5, 0.6) is 0 Å². The Bertz CT molecular complexity index is 408. The molecule has 0 amide bonds. The zero-order valence-electron chi connectivity index (χ0n) is 10.3. The van der Waals surface area contributed by atoms with Gasteiger partial charge >= 0.3 is 0 Å². The Morgan fingerprint density at radius 1 is 1.38 bits per heavy atom. The largest absolute Gasteiger partial charge is 0.387 e. The van der Waals surface area contributed by atoms with Gasteiger partial charge in [-0.2, -0.15) is 0 Å². The Labute approximate surface area is 97.8 Å². The van der Waals surface area contributed by atoms with Gasteiger partial charge in [0.15, 0.2) is 0 Å². The maximum atomic E-state index is 4.80. The summed E-state index contributed by atoms with van der Waals surface area (Å²) in [5.41, 5.74) is 6.36. The van der Waals surface area contributed by atoms with Gasteiger partial charge < -0.3 is 5.32 Å². The molecule has 16 heavy (non-hydrogen) atoms. The van der Waals surface area contributed by atoms with Gasteiger partial charge in [-0.25, -0.2) is 0 Å². The molecule has 0 atom stereocenters. The molecule has 0 unspecified atom stereocenters. The lowest BCUT2D eigenvalue weighted by atomic mass is 9.91. The Morgan fingerprint density at radius 2 is 2.12 bits per heavy atom. The van der Waals surface area contributed by atoms with Crippen LogP contribution in [0.25, 0.3) is 6.08 Å². The lowest BCUT2D eigenvalue weighted by Crippen LogP contribution is -2.12. The van der Waals surface area contributed by atoms with Crippen molar-refractivity contribution in [2.24, 2.45) is 0 Å². The number of nitrogens with one attached hydrogen (secondary N) is 1. The first-order valence-electron chi connectivity index (χ1n) is 6.16. The second kappa shape index (κ2) is 4.69. The number of fused-ring (bicyclic) bond motifs is 1. The summed E-state index contributed by atoms with van der Waals surface area (Å²) in [6.07, 6.45) is 7.76. The number of nitrogens with zero attached hydrogens (tertiary/aromatic N) is 1. The van der Waals surface area contributed by atoms with Gasteiger partial charge in [-0.05, 0) is 37.7 Å². The van der Waals surface area contributed by atoms with Crippen molar-refractivity contribution in [2.75, 3.05) is 12.4 Å². The number of pyridine rings is 1. The highest BCUT2D eigenvalue weighted by atomic mass is 14.9. The second-order valence-corrected chi connectivity index (χ2v) is 4.29. The van der Waals surface area contributed by atoms with E-state index in [-0.39, 0.29) is 0 Å². The van der Waals surface area contributed by atoms with Crippen LogP contribution in [0.4, 0.5) is 5.69 Å². The number of aromatic nitrogens is 1. The van der Waals surface area contributed by atoms with E-state index in [1.165, 1.54) is 41.0 Å². The van der Waals surface area contributed by atoms with Gasteiger partial charge in [0.05, 0.1) is 0 Å². The zero-order chi connectivity index (χ0) is 11.5. The third-order valence-corrected chi connectivity index (χ3v) is 3.38. The van der Waals surface area contributed by atoms with Crippen molar-refractivity contribution in [3.8, 4) is 0 Å². The first kappa shape index (κ1) is 11.2. The normalized spacial score (nSPS) is 14.4. The van der Waals surface area contributed by atoms with Gasteiger partial charge in [0, 0.05) is 29.7 Å². The van der Waals surface area contributed by atoms with Crippen LogP contribution >= 0.6 is 0 Å². The first-order valence-corrected chi connectivity index (χ1v) is 6.16. The van der Waals surface area contributed by atoms with Crippen molar-refractivity contribution in [2.45, 2.75) is 39.0 Å². The highest BCUT2D eigenvalue weighted by Crippen LogP contribution is 2.32. The molecule has 1 aromatic heterocycles. The molecule has 0 radical (unpaired) electrons. The van der Waals surface area contributed by atoms with Crippen LogP contribution in [0.3, 0.4) is 0 Å². The molecule has 1 aliphatic carbocycles. The molecule has 0 spiro atoms. The quantitative estimate of drug-likeness (QED) is 0.839. The van der Waals surface area contributed by atoms with E-state index >= 15 is 0 Å². The molecule has 1 heterocycles. The summed E-state index contributed by atoms with van der Waals surface area (Å²) < 4.78 is 0. The monoisotopic (exact) mass is 216 g/mol. The van der Waals surface area contributed by atoms with E-state index in [0.717, 1.165) is 19.3 Å². The maximum Gasteiger partial charge on any atom is 0.0497 e. The third kappa shape index (κ3) is 1.73. The average Bonchev–Trinajstić information content (AvgIpc) is 2.36. The Balaban J connectivity index is 2.64. The standard InChI is InChI=1S/C14H20N2/c1-4-10-12(5-2)16-13-9-7-6-8-11(13)14(10)15-3/h4H,1,5-9H2,2-3H3,(H,15,16). The van der Waals surface area contributed by atoms with Crippen LogP contribution < -0.4 is 5.32 Å². The van der Waals surface area contributed by atoms with Crippen molar-refractivity contribution in [3.05, 3.63) is 29.1 Å². The molecule has 2 heteroatoms. The fourth-order valence-electron chi connectivity index (χ4n) is 2.59. The van der Waals surface area contributed by atoms with Gasteiger partial charge in [-0.1, -0.05) is 19.6 Å². The molecule has 0 saturated heterocycles. The summed E-state index contributed by atoms with van der Waals surface area (Å²) in [6, 6.07) is 0. The Morgan fingerprint density at radius 3 is 2.75 bits per heavy atom. The molecular weight excluding hydrogens is 196 g/mol. The third-order valence-electron chi connectivity index (χ3n) is 3.38. The van der Waals surface area contributed by atoms with Crippen LogP contribution in [-0.4, -0.2) is 12.0 Å². The predicted molar refractivity (Wildman–Crippen MR) is 69.9 cm³/mol. The van der Waals surface area contributed by atoms with Crippen molar-refractivity contribution in [3.63, 3.8) is 0 Å². The zero-order valence-corrected chi connectivity index (χ0v) is 10.3. The minimum Gasteiger partial charge on any atom is -0.387 e. The molecular formula is C14H20N2. The SMILES string of the molecule is C=Cc1c(CC)nc2c(c1NC)CCCC2. The number of aryl methyl sites for hydroxylation is 2.